The van der Waals surface area contributed by atoms with Crippen LogP contribution in [0.5, 0.6) is 0 Å². The summed E-state index contributed by atoms with van der Waals surface area (Å²) in [5, 5.41) is 13.8. The molecule has 1 rings (SSSR count). The van der Waals surface area contributed by atoms with E-state index in [2.05, 4.69) is 18.4 Å². The first-order valence-electron chi connectivity index (χ1n) is 4.19. The average Bonchev–Trinajstić information content (AvgIpc) is 2.07. The maximum atomic E-state index is 10.5. The predicted octanol–water partition coefficient (Wildman–Crippen LogP) is 2.97. The Kier molecular flexibility index (Phi) is 3.42. The third kappa shape index (κ3) is 2.67. The van der Waals surface area contributed by atoms with Gasteiger partial charge in [0.1, 0.15) is 0 Å². The molecule has 0 spiro atoms. The molecule has 0 saturated heterocycles. The van der Waals surface area contributed by atoms with E-state index in [1.807, 2.05) is 6.92 Å². The van der Waals surface area contributed by atoms with E-state index in [9.17, 15) is 10.1 Å². The summed E-state index contributed by atoms with van der Waals surface area (Å²) in [6.45, 7) is 6.06. The van der Waals surface area contributed by atoms with Gasteiger partial charge < -0.3 is 5.09 Å². The van der Waals surface area contributed by atoms with Crippen LogP contribution in [-0.4, -0.2) is 18.3 Å². The number of benzene rings is 1. The molecular formula is C9H13N2O2P. The Hall–Kier alpha value is -1.15. The molecule has 76 valence electrons. The first-order valence-corrected chi connectivity index (χ1v) is 6.43. The molecule has 14 heavy (non-hydrogen) atoms. The molecule has 0 aliphatic heterocycles. The lowest BCUT2D eigenvalue weighted by Crippen LogP contribution is -1.94. The number of hydrogen-bond acceptors (Lipinski definition) is 3. The van der Waals surface area contributed by atoms with Crippen molar-refractivity contribution < 1.29 is 4.92 Å². The topological polar surface area (TPSA) is 55.2 Å². The van der Waals surface area contributed by atoms with E-state index in [1.54, 1.807) is 12.1 Å². The van der Waals surface area contributed by atoms with Gasteiger partial charge in [0.05, 0.1) is 4.92 Å². The minimum atomic E-state index is -0.377. The Bertz CT molecular complexity index is 353. The van der Waals surface area contributed by atoms with Gasteiger partial charge in [0.15, 0.2) is 0 Å². The molecule has 1 N–H and O–H groups in total. The van der Waals surface area contributed by atoms with E-state index in [1.165, 1.54) is 6.07 Å². The molecular weight excluding hydrogens is 199 g/mol. The second kappa shape index (κ2) is 4.38. The van der Waals surface area contributed by atoms with Gasteiger partial charge in [-0.25, -0.2) is 0 Å². The van der Waals surface area contributed by atoms with Crippen LogP contribution in [0.3, 0.4) is 0 Å². The van der Waals surface area contributed by atoms with Crippen molar-refractivity contribution >= 4 is 19.4 Å². The van der Waals surface area contributed by atoms with Crippen LogP contribution in [0.15, 0.2) is 18.2 Å². The van der Waals surface area contributed by atoms with Gasteiger partial charge in [-0.15, -0.1) is 0 Å². The zero-order valence-corrected chi connectivity index (χ0v) is 9.34. The maximum Gasteiger partial charge on any atom is 0.271 e. The van der Waals surface area contributed by atoms with Crippen molar-refractivity contribution in [1.29, 1.82) is 0 Å². The average molecular weight is 212 g/mol. The molecule has 0 aliphatic carbocycles. The lowest BCUT2D eigenvalue weighted by atomic mass is 10.2. The molecule has 0 heterocycles. The number of nitrogens with zero attached hydrogens (tertiary/aromatic N) is 1. The lowest BCUT2D eigenvalue weighted by Gasteiger charge is -2.12. The van der Waals surface area contributed by atoms with Crippen LogP contribution in [0.25, 0.3) is 0 Å². The number of hydrogen-bond donors (Lipinski definition) is 1. The fourth-order valence-corrected chi connectivity index (χ4v) is 1.81. The Morgan fingerprint density at radius 3 is 2.57 bits per heavy atom. The Morgan fingerprint density at radius 2 is 2.07 bits per heavy atom. The third-order valence-electron chi connectivity index (χ3n) is 1.78. The summed E-state index contributed by atoms with van der Waals surface area (Å²) >= 11 is 0. The molecule has 0 radical (unpaired) electrons. The largest absolute Gasteiger partial charge is 0.364 e. The predicted molar refractivity (Wildman–Crippen MR) is 60.2 cm³/mol. The van der Waals surface area contributed by atoms with Gasteiger partial charge in [-0.1, -0.05) is 6.07 Å². The second-order valence-electron chi connectivity index (χ2n) is 3.26. The summed E-state index contributed by atoms with van der Waals surface area (Å²) in [4.78, 5) is 10.2. The van der Waals surface area contributed by atoms with Crippen LogP contribution in [0, 0.1) is 17.0 Å². The molecule has 4 nitrogen and oxygen atoms in total. The summed E-state index contributed by atoms with van der Waals surface area (Å²) in [7, 11) is -0.297. The van der Waals surface area contributed by atoms with Crippen LogP contribution < -0.4 is 5.09 Å². The van der Waals surface area contributed by atoms with E-state index < -0.39 is 0 Å². The standard InChI is InChI=1S/C9H13N2O2P/c1-7-4-5-8(11(12)13)6-9(7)10-14(2)3/h4-6,10H,1-3H3. The molecule has 0 aromatic heterocycles. The van der Waals surface area contributed by atoms with Crippen molar-refractivity contribution in [2.45, 2.75) is 6.92 Å². The number of nitrogens with one attached hydrogen (secondary N) is 1. The van der Waals surface area contributed by atoms with Crippen molar-refractivity contribution in [2.75, 3.05) is 18.4 Å². The fourth-order valence-electron chi connectivity index (χ4n) is 1.08. The van der Waals surface area contributed by atoms with E-state index in [0.717, 1.165) is 11.3 Å². The van der Waals surface area contributed by atoms with Crippen molar-refractivity contribution in [3.63, 3.8) is 0 Å². The second-order valence-corrected chi connectivity index (χ2v) is 5.28. The Labute approximate surface area is 84.3 Å². The zero-order valence-electron chi connectivity index (χ0n) is 8.44. The number of rotatable bonds is 3. The van der Waals surface area contributed by atoms with Gasteiger partial charge in [-0.3, -0.25) is 10.1 Å². The van der Waals surface area contributed by atoms with Gasteiger partial charge in [0.2, 0.25) is 0 Å². The van der Waals surface area contributed by atoms with Crippen molar-refractivity contribution in [3.05, 3.63) is 33.9 Å². The molecule has 0 unspecified atom stereocenters. The van der Waals surface area contributed by atoms with E-state index >= 15 is 0 Å². The number of anilines is 1. The molecule has 0 amide bonds. The normalized spacial score (nSPS) is 10.3. The Morgan fingerprint density at radius 1 is 1.43 bits per heavy atom. The van der Waals surface area contributed by atoms with E-state index in [0.29, 0.717) is 0 Å². The maximum absolute atomic E-state index is 10.5. The first kappa shape index (κ1) is 10.9. The summed E-state index contributed by atoms with van der Waals surface area (Å²) in [6, 6.07) is 4.87. The quantitative estimate of drug-likeness (QED) is 0.476. The fraction of sp³-hybridized carbons (Fsp3) is 0.333. The van der Waals surface area contributed by atoms with Gasteiger partial charge in [-0.05, 0) is 33.9 Å². The zero-order chi connectivity index (χ0) is 10.7. The third-order valence-corrected chi connectivity index (χ3v) is 2.46. The van der Waals surface area contributed by atoms with Crippen LogP contribution >= 0.6 is 8.07 Å². The van der Waals surface area contributed by atoms with Crippen molar-refractivity contribution in [2.24, 2.45) is 0 Å². The molecule has 1 aromatic carbocycles. The van der Waals surface area contributed by atoms with Crippen molar-refractivity contribution in [3.8, 4) is 0 Å². The lowest BCUT2D eigenvalue weighted by molar-refractivity contribution is -0.384. The molecule has 0 saturated carbocycles. The monoisotopic (exact) mass is 212 g/mol. The van der Waals surface area contributed by atoms with Crippen LogP contribution in [-0.2, 0) is 0 Å². The highest BCUT2D eigenvalue weighted by Crippen LogP contribution is 2.31. The van der Waals surface area contributed by atoms with Crippen LogP contribution in [0.1, 0.15) is 5.56 Å². The number of nitro benzene ring substituents is 1. The van der Waals surface area contributed by atoms with Gasteiger partial charge in [0.25, 0.3) is 5.69 Å². The number of aryl methyl sites for hydroxylation is 1. The molecule has 0 atom stereocenters. The number of non-ortho nitro benzene ring substituents is 1. The molecule has 0 aliphatic rings. The van der Waals surface area contributed by atoms with Crippen LogP contribution in [0.2, 0.25) is 0 Å². The van der Waals surface area contributed by atoms with Crippen LogP contribution in [0.4, 0.5) is 11.4 Å². The summed E-state index contributed by atoms with van der Waals surface area (Å²) in [5.41, 5.74) is 2.03. The highest BCUT2D eigenvalue weighted by atomic mass is 31.1. The van der Waals surface area contributed by atoms with E-state index in [4.69, 9.17) is 0 Å². The molecule has 0 fully saturated rings. The smallest absolute Gasteiger partial charge is 0.271 e. The number of nitro groups is 1. The molecule has 1 aromatic rings. The minimum absolute atomic E-state index is 0.134. The summed E-state index contributed by atoms with van der Waals surface area (Å²) in [6.07, 6.45) is 0. The van der Waals surface area contributed by atoms with Gasteiger partial charge in [-0.2, -0.15) is 0 Å². The summed E-state index contributed by atoms with van der Waals surface area (Å²) in [5.74, 6) is 0. The van der Waals surface area contributed by atoms with Gasteiger partial charge >= 0.3 is 0 Å². The first-order chi connectivity index (χ1) is 6.50. The summed E-state index contributed by atoms with van der Waals surface area (Å²) < 4.78 is 0. The highest BCUT2D eigenvalue weighted by molar-refractivity contribution is 7.57. The van der Waals surface area contributed by atoms with E-state index in [-0.39, 0.29) is 18.7 Å². The SMILES string of the molecule is Cc1ccc([N+](=O)[O-])cc1NP(C)C. The molecule has 5 heteroatoms. The van der Waals surface area contributed by atoms with Gasteiger partial charge in [0, 0.05) is 17.8 Å². The molecule has 0 bridgehead atoms. The highest BCUT2D eigenvalue weighted by Gasteiger charge is 2.08. The minimum Gasteiger partial charge on any atom is -0.364 e. The van der Waals surface area contributed by atoms with Crippen molar-refractivity contribution in [1.82, 2.24) is 0 Å². The Balaban J connectivity index is 3.02.